The number of unbranched alkanes of at least 4 members (excludes halogenated alkanes) is 1. The van der Waals surface area contributed by atoms with E-state index in [0.29, 0.717) is 22.6 Å². The fourth-order valence-corrected chi connectivity index (χ4v) is 5.20. The summed E-state index contributed by atoms with van der Waals surface area (Å²) in [5.41, 5.74) is 1.55. The monoisotopic (exact) mass is 496 g/mol. The molecule has 0 amide bonds. The molecule has 0 atom stereocenters. The minimum atomic E-state index is -1.08. The minimum Gasteiger partial charge on any atom is -0.486 e. The molecule has 4 rings (SSSR count). The van der Waals surface area contributed by atoms with E-state index in [9.17, 15) is 8.78 Å². The summed E-state index contributed by atoms with van der Waals surface area (Å²) in [4.78, 5) is 0. The van der Waals surface area contributed by atoms with Gasteiger partial charge in [0.2, 0.25) is 5.82 Å². The van der Waals surface area contributed by atoms with Gasteiger partial charge in [-0.1, -0.05) is 75.2 Å². The number of halogens is 4. The van der Waals surface area contributed by atoms with E-state index in [1.807, 2.05) is 0 Å². The van der Waals surface area contributed by atoms with E-state index in [1.165, 1.54) is 37.5 Å². The number of benzene rings is 3. The lowest BCUT2D eigenvalue weighted by Crippen LogP contribution is -2.15. The highest BCUT2D eigenvalue weighted by atomic mass is 19.2. The summed E-state index contributed by atoms with van der Waals surface area (Å²) in [6.45, 7) is 5.74. The van der Waals surface area contributed by atoms with Crippen molar-refractivity contribution in [2.45, 2.75) is 57.8 Å². The van der Waals surface area contributed by atoms with E-state index in [0.717, 1.165) is 25.7 Å². The Morgan fingerprint density at radius 2 is 1.36 bits per heavy atom. The van der Waals surface area contributed by atoms with Crippen molar-refractivity contribution in [3.05, 3.63) is 90.0 Å². The van der Waals surface area contributed by atoms with Gasteiger partial charge in [-0.15, -0.1) is 0 Å². The second-order valence-corrected chi connectivity index (χ2v) is 9.61. The molecule has 1 fully saturated rings. The summed E-state index contributed by atoms with van der Waals surface area (Å²) in [6.07, 6.45) is 8.97. The molecule has 0 aliphatic heterocycles. The maximum atomic E-state index is 15.1. The van der Waals surface area contributed by atoms with Gasteiger partial charge < -0.3 is 4.74 Å². The highest BCUT2D eigenvalue weighted by molar-refractivity contribution is 5.72. The van der Waals surface area contributed by atoms with Crippen molar-refractivity contribution in [3.8, 4) is 28.0 Å². The summed E-state index contributed by atoms with van der Waals surface area (Å²) >= 11 is 0. The number of hydrogen-bond donors (Lipinski definition) is 0. The zero-order chi connectivity index (χ0) is 25.7. The minimum absolute atomic E-state index is 0.0464. The van der Waals surface area contributed by atoms with Crippen molar-refractivity contribution in [1.82, 2.24) is 0 Å². The van der Waals surface area contributed by atoms with Crippen molar-refractivity contribution < 1.29 is 22.3 Å². The predicted molar refractivity (Wildman–Crippen MR) is 137 cm³/mol. The van der Waals surface area contributed by atoms with Gasteiger partial charge >= 0.3 is 0 Å². The van der Waals surface area contributed by atoms with Crippen LogP contribution in [-0.4, -0.2) is 6.61 Å². The Kier molecular flexibility index (Phi) is 8.50. The van der Waals surface area contributed by atoms with Crippen molar-refractivity contribution in [2.24, 2.45) is 5.92 Å². The third kappa shape index (κ3) is 5.50. The first-order chi connectivity index (χ1) is 17.4. The molecular weight excluding hydrogens is 464 g/mol. The standard InChI is InChI=1S/C31H32F4O/c1-3-5-6-20-7-9-21(10-8-20)24-15-16-25(29(33)28(24)32)22-11-13-23(14-12-22)26-17-18-27(36-19-4-2)31(35)30(26)34/h4,11-18,20-21H,2-3,5-10,19H2,1H3. The molecule has 0 saturated heterocycles. The van der Waals surface area contributed by atoms with Crippen molar-refractivity contribution in [3.63, 3.8) is 0 Å². The molecule has 5 heteroatoms. The molecule has 3 aromatic rings. The summed E-state index contributed by atoms with van der Waals surface area (Å²) in [7, 11) is 0. The highest BCUT2D eigenvalue weighted by Crippen LogP contribution is 2.40. The highest BCUT2D eigenvalue weighted by Gasteiger charge is 2.26. The van der Waals surface area contributed by atoms with Crippen LogP contribution < -0.4 is 4.74 Å². The van der Waals surface area contributed by atoms with Crippen LogP contribution in [0.3, 0.4) is 0 Å². The number of hydrogen-bond acceptors (Lipinski definition) is 1. The van der Waals surface area contributed by atoms with Crippen LogP contribution in [0, 0.1) is 29.2 Å². The molecule has 1 saturated carbocycles. The van der Waals surface area contributed by atoms with E-state index >= 15 is 8.78 Å². The first-order valence-corrected chi connectivity index (χ1v) is 12.7. The molecule has 1 aliphatic carbocycles. The number of rotatable bonds is 9. The van der Waals surface area contributed by atoms with E-state index in [1.54, 1.807) is 36.4 Å². The van der Waals surface area contributed by atoms with Gasteiger partial charge in [0.15, 0.2) is 23.2 Å². The quantitative estimate of drug-likeness (QED) is 0.212. The molecule has 36 heavy (non-hydrogen) atoms. The SMILES string of the molecule is C=CCOc1ccc(-c2ccc(-c3ccc(C4CCC(CCCC)CC4)c(F)c3F)cc2)c(F)c1F. The van der Waals surface area contributed by atoms with Crippen LogP contribution in [0.4, 0.5) is 17.6 Å². The third-order valence-corrected chi connectivity index (χ3v) is 7.28. The first-order valence-electron chi connectivity index (χ1n) is 12.7. The van der Waals surface area contributed by atoms with Gasteiger partial charge in [0, 0.05) is 11.1 Å². The van der Waals surface area contributed by atoms with Gasteiger partial charge in [0.25, 0.3) is 0 Å². The van der Waals surface area contributed by atoms with E-state index in [2.05, 4.69) is 13.5 Å². The molecule has 0 aromatic heterocycles. The van der Waals surface area contributed by atoms with Gasteiger partial charge in [0.05, 0.1) is 0 Å². The van der Waals surface area contributed by atoms with Gasteiger partial charge in [-0.3, -0.25) is 0 Å². The predicted octanol–water partition coefficient (Wildman–Crippen LogP) is 9.61. The maximum absolute atomic E-state index is 15.1. The smallest absolute Gasteiger partial charge is 0.201 e. The molecular formula is C31H32F4O. The van der Waals surface area contributed by atoms with Crippen molar-refractivity contribution in [1.29, 1.82) is 0 Å². The molecule has 0 unspecified atom stereocenters. The van der Waals surface area contributed by atoms with Gasteiger partial charge in [-0.05, 0) is 66.3 Å². The van der Waals surface area contributed by atoms with Crippen LogP contribution in [0.5, 0.6) is 5.75 Å². The Morgan fingerprint density at radius 3 is 1.94 bits per heavy atom. The lowest BCUT2D eigenvalue weighted by Gasteiger charge is -2.29. The van der Waals surface area contributed by atoms with E-state index < -0.39 is 23.3 Å². The molecule has 190 valence electrons. The maximum Gasteiger partial charge on any atom is 0.201 e. The Labute approximate surface area is 210 Å². The zero-order valence-electron chi connectivity index (χ0n) is 20.6. The largest absolute Gasteiger partial charge is 0.486 e. The van der Waals surface area contributed by atoms with Crippen LogP contribution in [0.15, 0.2) is 61.2 Å². The van der Waals surface area contributed by atoms with E-state index in [-0.39, 0.29) is 29.4 Å². The zero-order valence-corrected chi connectivity index (χ0v) is 20.6. The molecule has 0 spiro atoms. The average Bonchev–Trinajstić information content (AvgIpc) is 2.90. The lowest BCUT2D eigenvalue weighted by atomic mass is 9.76. The topological polar surface area (TPSA) is 9.23 Å². The Bertz CT molecular complexity index is 1190. The fourth-order valence-electron chi connectivity index (χ4n) is 5.20. The van der Waals surface area contributed by atoms with Crippen molar-refractivity contribution >= 4 is 0 Å². The van der Waals surface area contributed by atoms with Crippen LogP contribution in [0.2, 0.25) is 0 Å². The number of ether oxygens (including phenoxy) is 1. The summed E-state index contributed by atoms with van der Waals surface area (Å²) in [6, 6.07) is 12.4. The Balaban J connectivity index is 1.52. The molecule has 0 radical (unpaired) electrons. The van der Waals surface area contributed by atoms with Gasteiger partial charge in [-0.25, -0.2) is 13.2 Å². The molecule has 3 aromatic carbocycles. The van der Waals surface area contributed by atoms with Gasteiger partial charge in [-0.2, -0.15) is 4.39 Å². The summed E-state index contributed by atoms with van der Waals surface area (Å²) < 4.78 is 64.4. The van der Waals surface area contributed by atoms with E-state index in [4.69, 9.17) is 4.74 Å². The Hall–Kier alpha value is -3.08. The molecule has 0 bridgehead atoms. The Morgan fingerprint density at radius 1 is 0.778 bits per heavy atom. The van der Waals surface area contributed by atoms with Crippen LogP contribution >= 0.6 is 0 Å². The molecule has 0 N–H and O–H groups in total. The van der Waals surface area contributed by atoms with Crippen LogP contribution in [0.1, 0.15) is 63.4 Å². The first kappa shape index (κ1) is 26.0. The fraction of sp³-hybridized carbons (Fsp3) is 0.355. The third-order valence-electron chi connectivity index (χ3n) is 7.28. The van der Waals surface area contributed by atoms with Crippen LogP contribution in [-0.2, 0) is 0 Å². The van der Waals surface area contributed by atoms with Crippen LogP contribution in [0.25, 0.3) is 22.3 Å². The molecule has 0 heterocycles. The lowest BCUT2D eigenvalue weighted by molar-refractivity contribution is 0.299. The second kappa shape index (κ2) is 11.8. The average molecular weight is 497 g/mol. The summed E-state index contributed by atoms with van der Waals surface area (Å²) in [5.74, 6) is -3.21. The second-order valence-electron chi connectivity index (χ2n) is 9.61. The van der Waals surface area contributed by atoms with Gasteiger partial charge in [0.1, 0.15) is 6.61 Å². The summed E-state index contributed by atoms with van der Waals surface area (Å²) in [5, 5.41) is 0. The molecule has 1 nitrogen and oxygen atoms in total. The normalized spacial score (nSPS) is 17.7. The van der Waals surface area contributed by atoms with Crippen molar-refractivity contribution in [2.75, 3.05) is 6.61 Å². The molecule has 1 aliphatic rings.